The molecule has 1 aromatic heterocycles. The fourth-order valence-electron chi connectivity index (χ4n) is 1.34. The molecule has 0 amide bonds. The van der Waals surface area contributed by atoms with E-state index < -0.39 is 10.0 Å². The summed E-state index contributed by atoms with van der Waals surface area (Å²) in [5, 5.41) is 8.95. The van der Waals surface area contributed by atoms with E-state index in [0.717, 1.165) is 5.01 Å². The number of hydrogen-bond donors (Lipinski definition) is 1. The van der Waals surface area contributed by atoms with E-state index in [4.69, 9.17) is 0 Å². The summed E-state index contributed by atoms with van der Waals surface area (Å²) < 4.78 is 26.6. The van der Waals surface area contributed by atoms with Crippen LogP contribution >= 0.6 is 11.3 Å². The van der Waals surface area contributed by atoms with Gasteiger partial charge in [-0.1, -0.05) is 50.3 Å². The topological polar surface area (TPSA) is 72.0 Å². The van der Waals surface area contributed by atoms with Crippen LogP contribution in [-0.2, 0) is 15.4 Å². The van der Waals surface area contributed by atoms with Crippen molar-refractivity contribution in [2.24, 2.45) is 0 Å². The van der Waals surface area contributed by atoms with Crippen molar-refractivity contribution < 1.29 is 8.42 Å². The third-order valence-electron chi connectivity index (χ3n) is 2.34. The number of aromatic nitrogens is 2. The quantitative estimate of drug-likeness (QED) is 0.945. The lowest BCUT2D eigenvalue weighted by Crippen LogP contribution is -2.12. The molecule has 0 radical (unpaired) electrons. The predicted octanol–water partition coefficient (Wildman–Crippen LogP) is 2.64. The second-order valence-electron chi connectivity index (χ2n) is 5.08. The highest BCUT2D eigenvalue weighted by Crippen LogP contribution is 2.28. The van der Waals surface area contributed by atoms with Gasteiger partial charge in [0.05, 0.1) is 4.90 Å². The molecule has 19 heavy (non-hydrogen) atoms. The molecule has 1 heterocycles. The summed E-state index contributed by atoms with van der Waals surface area (Å²) in [6, 6.07) is 8.19. The van der Waals surface area contributed by atoms with Gasteiger partial charge in [-0.3, -0.25) is 4.72 Å². The number of anilines is 1. The summed E-state index contributed by atoms with van der Waals surface area (Å²) in [4.78, 5) is 0.211. The Morgan fingerprint density at radius 3 is 2.26 bits per heavy atom. The van der Waals surface area contributed by atoms with Gasteiger partial charge in [-0.25, -0.2) is 8.42 Å². The zero-order valence-corrected chi connectivity index (χ0v) is 12.5. The number of rotatable bonds is 3. The van der Waals surface area contributed by atoms with Crippen LogP contribution in [0.15, 0.2) is 35.2 Å². The molecule has 0 fully saturated rings. The largest absolute Gasteiger partial charge is 0.263 e. The molecule has 0 aliphatic rings. The molecule has 0 aliphatic carbocycles. The van der Waals surface area contributed by atoms with E-state index in [-0.39, 0.29) is 15.4 Å². The lowest BCUT2D eigenvalue weighted by Gasteiger charge is -2.12. The summed E-state index contributed by atoms with van der Waals surface area (Å²) in [6.07, 6.45) is 0. The molecule has 1 aromatic carbocycles. The van der Waals surface area contributed by atoms with Crippen LogP contribution in [0.25, 0.3) is 0 Å². The third-order valence-corrected chi connectivity index (χ3v) is 5.09. The highest BCUT2D eigenvalue weighted by atomic mass is 32.2. The Labute approximate surface area is 116 Å². The Hall–Kier alpha value is -1.47. The van der Waals surface area contributed by atoms with E-state index in [1.54, 1.807) is 18.2 Å². The molecular formula is C12H15N3O2S2. The summed E-state index contributed by atoms with van der Waals surface area (Å²) in [5.74, 6) is 0. The van der Waals surface area contributed by atoms with E-state index in [9.17, 15) is 8.42 Å². The first-order valence-corrected chi connectivity index (χ1v) is 8.01. The van der Waals surface area contributed by atoms with E-state index in [0.29, 0.717) is 0 Å². The zero-order valence-electron chi connectivity index (χ0n) is 10.9. The van der Waals surface area contributed by atoms with Crippen LogP contribution in [0, 0.1) is 0 Å². The van der Waals surface area contributed by atoms with Crippen LogP contribution in [0.3, 0.4) is 0 Å². The Bertz CT molecular complexity index is 658. The summed E-state index contributed by atoms with van der Waals surface area (Å²) >= 11 is 1.25. The minimum absolute atomic E-state index is 0.145. The van der Waals surface area contributed by atoms with Crippen molar-refractivity contribution in [3.8, 4) is 0 Å². The fourth-order valence-corrected chi connectivity index (χ4v) is 3.39. The van der Waals surface area contributed by atoms with Crippen LogP contribution in [0.1, 0.15) is 25.8 Å². The van der Waals surface area contributed by atoms with Gasteiger partial charge in [-0.05, 0) is 12.1 Å². The molecule has 0 aliphatic heterocycles. The molecule has 0 unspecified atom stereocenters. The monoisotopic (exact) mass is 297 g/mol. The predicted molar refractivity (Wildman–Crippen MR) is 75.9 cm³/mol. The van der Waals surface area contributed by atoms with Gasteiger partial charge in [0.15, 0.2) is 0 Å². The number of benzene rings is 1. The van der Waals surface area contributed by atoms with E-state index in [2.05, 4.69) is 14.9 Å². The molecule has 0 spiro atoms. The van der Waals surface area contributed by atoms with E-state index in [1.807, 2.05) is 20.8 Å². The number of sulfonamides is 1. The maximum Gasteiger partial charge on any atom is 0.263 e. The highest BCUT2D eigenvalue weighted by molar-refractivity contribution is 7.93. The van der Waals surface area contributed by atoms with Crippen molar-refractivity contribution in [3.63, 3.8) is 0 Å². The molecular weight excluding hydrogens is 282 g/mol. The second kappa shape index (κ2) is 4.90. The van der Waals surface area contributed by atoms with Crippen molar-refractivity contribution >= 4 is 26.5 Å². The molecule has 7 heteroatoms. The van der Waals surface area contributed by atoms with E-state index in [1.165, 1.54) is 23.5 Å². The van der Waals surface area contributed by atoms with Crippen molar-refractivity contribution in [2.75, 3.05) is 4.72 Å². The molecule has 0 atom stereocenters. The van der Waals surface area contributed by atoms with Gasteiger partial charge in [-0.2, -0.15) is 0 Å². The third kappa shape index (κ3) is 3.30. The van der Waals surface area contributed by atoms with Gasteiger partial charge in [0.1, 0.15) is 5.01 Å². The van der Waals surface area contributed by atoms with Crippen molar-refractivity contribution in [1.82, 2.24) is 10.2 Å². The van der Waals surface area contributed by atoms with Crippen LogP contribution in [0.2, 0.25) is 0 Å². The van der Waals surface area contributed by atoms with Gasteiger partial charge in [0.25, 0.3) is 10.0 Å². The normalized spacial score (nSPS) is 12.4. The van der Waals surface area contributed by atoms with Crippen LogP contribution in [0.4, 0.5) is 5.13 Å². The Morgan fingerprint density at radius 2 is 1.74 bits per heavy atom. The first-order valence-electron chi connectivity index (χ1n) is 5.71. The molecule has 1 N–H and O–H groups in total. The zero-order chi connectivity index (χ0) is 14.1. The Morgan fingerprint density at radius 1 is 1.11 bits per heavy atom. The minimum atomic E-state index is -3.59. The molecule has 0 saturated heterocycles. The lowest BCUT2D eigenvalue weighted by atomic mass is 9.98. The molecule has 102 valence electrons. The first kappa shape index (κ1) is 14.0. The van der Waals surface area contributed by atoms with Gasteiger partial charge < -0.3 is 0 Å². The summed E-state index contributed by atoms with van der Waals surface area (Å²) in [6.45, 7) is 6.01. The van der Waals surface area contributed by atoms with Crippen molar-refractivity contribution in [1.29, 1.82) is 0 Å². The van der Waals surface area contributed by atoms with Crippen molar-refractivity contribution in [3.05, 3.63) is 35.3 Å². The van der Waals surface area contributed by atoms with Crippen LogP contribution in [0.5, 0.6) is 0 Å². The highest BCUT2D eigenvalue weighted by Gasteiger charge is 2.21. The minimum Gasteiger partial charge on any atom is -0.253 e. The van der Waals surface area contributed by atoms with Gasteiger partial charge >= 0.3 is 0 Å². The molecule has 2 rings (SSSR count). The van der Waals surface area contributed by atoms with Crippen molar-refractivity contribution in [2.45, 2.75) is 31.1 Å². The Kier molecular flexibility index (Phi) is 3.60. The molecule has 5 nitrogen and oxygen atoms in total. The standard InChI is InChI=1S/C12H15N3O2S2/c1-12(2,3)10-13-14-11(18-10)15-19(16,17)9-7-5-4-6-8-9/h4-8H,1-3H3,(H,14,15). The maximum absolute atomic E-state index is 12.1. The van der Waals surface area contributed by atoms with E-state index >= 15 is 0 Å². The average molecular weight is 297 g/mol. The molecule has 0 saturated carbocycles. The fraction of sp³-hybridized carbons (Fsp3) is 0.333. The first-order chi connectivity index (χ1) is 8.79. The smallest absolute Gasteiger partial charge is 0.253 e. The van der Waals surface area contributed by atoms with Gasteiger partial charge in [-0.15, -0.1) is 10.2 Å². The van der Waals surface area contributed by atoms with Gasteiger partial charge in [0.2, 0.25) is 5.13 Å². The van der Waals surface area contributed by atoms with Crippen LogP contribution < -0.4 is 4.72 Å². The maximum atomic E-state index is 12.1. The number of nitrogens with zero attached hydrogens (tertiary/aromatic N) is 2. The summed E-state index contributed by atoms with van der Waals surface area (Å²) in [7, 11) is -3.59. The average Bonchev–Trinajstić information content (AvgIpc) is 2.78. The number of hydrogen-bond acceptors (Lipinski definition) is 5. The molecule has 2 aromatic rings. The SMILES string of the molecule is CC(C)(C)c1nnc(NS(=O)(=O)c2ccccc2)s1. The van der Waals surface area contributed by atoms with Gasteiger partial charge in [0, 0.05) is 5.41 Å². The summed E-state index contributed by atoms with van der Waals surface area (Å²) in [5.41, 5.74) is -0.145. The number of nitrogens with one attached hydrogen (secondary N) is 1. The second-order valence-corrected chi connectivity index (χ2v) is 7.74. The molecule has 0 bridgehead atoms. The Balaban J connectivity index is 2.25. The van der Waals surface area contributed by atoms with Crippen LogP contribution in [-0.4, -0.2) is 18.6 Å². The lowest BCUT2D eigenvalue weighted by molar-refractivity contribution is 0.578.